The van der Waals surface area contributed by atoms with Crippen LogP contribution in [0.3, 0.4) is 0 Å². The average molecular weight is 498 g/mol. The molecule has 31 heavy (non-hydrogen) atoms. The van der Waals surface area contributed by atoms with Gasteiger partial charge < -0.3 is 0 Å². The lowest BCUT2D eigenvalue weighted by Gasteiger charge is -2.19. The van der Waals surface area contributed by atoms with E-state index < -0.39 is 9.84 Å². The van der Waals surface area contributed by atoms with Crippen LogP contribution < -0.4 is 0 Å². The van der Waals surface area contributed by atoms with Gasteiger partial charge in [0.15, 0.2) is 9.84 Å². The summed E-state index contributed by atoms with van der Waals surface area (Å²) in [6, 6.07) is 16.7. The van der Waals surface area contributed by atoms with Crippen molar-refractivity contribution in [2.24, 2.45) is 0 Å². The molecule has 0 unspecified atom stereocenters. The number of hydrogen-bond donors (Lipinski definition) is 0. The first-order chi connectivity index (χ1) is 14.6. The predicted octanol–water partition coefficient (Wildman–Crippen LogP) is 5.76. The highest BCUT2D eigenvalue weighted by Crippen LogP contribution is 2.30. The van der Waals surface area contributed by atoms with Crippen molar-refractivity contribution >= 4 is 36.7 Å². The van der Waals surface area contributed by atoms with Gasteiger partial charge in [-0.15, -0.1) is 0 Å². The summed E-state index contributed by atoms with van der Waals surface area (Å²) in [6.07, 6.45) is 1.73. The van der Waals surface area contributed by atoms with Gasteiger partial charge in [-0.05, 0) is 76.3 Å². The topological polar surface area (TPSA) is 64.8 Å². The lowest BCUT2D eigenvalue weighted by atomic mass is 9.87. The van der Waals surface area contributed by atoms with E-state index in [-0.39, 0.29) is 11.2 Å². The molecule has 4 rings (SSSR count). The van der Waals surface area contributed by atoms with Gasteiger partial charge in [-0.1, -0.05) is 32.9 Å². The molecule has 0 aliphatic heterocycles. The first kappa shape index (κ1) is 21.7. The molecule has 0 saturated carbocycles. The normalized spacial score (nSPS) is 12.4. The molecule has 5 nitrogen and oxygen atoms in total. The van der Waals surface area contributed by atoms with E-state index in [1.165, 1.54) is 0 Å². The summed E-state index contributed by atoms with van der Waals surface area (Å²) in [5.74, 6) is -0.138. The highest BCUT2D eigenvalue weighted by Gasteiger charge is 2.22. The van der Waals surface area contributed by atoms with Gasteiger partial charge in [0.1, 0.15) is 0 Å². The molecular weight excluding hydrogens is 474 g/mol. The Morgan fingerprint density at radius 1 is 1.03 bits per heavy atom. The number of hydrogen-bond acceptors (Lipinski definition) is 4. The second kappa shape index (κ2) is 7.88. The van der Waals surface area contributed by atoms with E-state index in [4.69, 9.17) is 0 Å². The third-order valence-electron chi connectivity index (χ3n) is 5.25. The number of aryl methyl sites for hydroxylation is 1. The van der Waals surface area contributed by atoms with Gasteiger partial charge in [0.25, 0.3) is 0 Å². The first-order valence-electron chi connectivity index (χ1n) is 9.99. The Morgan fingerprint density at radius 3 is 2.42 bits per heavy atom. The van der Waals surface area contributed by atoms with E-state index in [1.54, 1.807) is 23.0 Å². The van der Waals surface area contributed by atoms with E-state index in [2.05, 4.69) is 46.8 Å². The maximum atomic E-state index is 13.2. The van der Waals surface area contributed by atoms with E-state index in [0.717, 1.165) is 32.3 Å². The van der Waals surface area contributed by atoms with Gasteiger partial charge in [0.2, 0.25) is 0 Å². The maximum absolute atomic E-state index is 13.2. The van der Waals surface area contributed by atoms with Gasteiger partial charge >= 0.3 is 0 Å². The van der Waals surface area contributed by atoms with Gasteiger partial charge in [0.05, 0.1) is 33.2 Å². The van der Waals surface area contributed by atoms with Crippen molar-refractivity contribution in [3.63, 3.8) is 0 Å². The van der Waals surface area contributed by atoms with Gasteiger partial charge in [0, 0.05) is 16.1 Å². The Labute approximate surface area is 191 Å². The second-order valence-corrected chi connectivity index (χ2v) is 11.5. The zero-order valence-corrected chi connectivity index (χ0v) is 20.3. The fraction of sp³-hybridized carbons (Fsp3) is 0.250. The highest BCUT2D eigenvalue weighted by atomic mass is 79.9. The summed E-state index contributed by atoms with van der Waals surface area (Å²) in [5.41, 5.74) is 4.04. The van der Waals surface area contributed by atoms with Gasteiger partial charge in [-0.2, -0.15) is 5.10 Å². The van der Waals surface area contributed by atoms with Crippen LogP contribution in [0.5, 0.6) is 0 Å². The van der Waals surface area contributed by atoms with Gasteiger partial charge in [-0.3, -0.25) is 4.98 Å². The number of fused-ring (bicyclic) bond motifs is 1. The fourth-order valence-electron chi connectivity index (χ4n) is 3.61. The molecule has 160 valence electrons. The molecule has 0 spiro atoms. The Morgan fingerprint density at radius 2 is 1.74 bits per heavy atom. The van der Waals surface area contributed by atoms with Crippen LogP contribution in [0.25, 0.3) is 16.6 Å². The van der Waals surface area contributed by atoms with Crippen molar-refractivity contribution in [1.82, 2.24) is 14.8 Å². The van der Waals surface area contributed by atoms with Crippen LogP contribution in [0.15, 0.2) is 70.2 Å². The second-order valence-electron chi connectivity index (χ2n) is 8.69. The van der Waals surface area contributed by atoms with E-state index >= 15 is 0 Å². The summed E-state index contributed by atoms with van der Waals surface area (Å²) in [7, 11) is -3.54. The Hall–Kier alpha value is -2.51. The quantitative estimate of drug-likeness (QED) is 0.359. The maximum Gasteiger partial charge on any atom is 0.184 e. The van der Waals surface area contributed by atoms with E-state index in [1.807, 2.05) is 49.4 Å². The summed E-state index contributed by atoms with van der Waals surface area (Å²) in [6.45, 7) is 8.18. The number of rotatable bonds is 4. The number of aromatic nitrogens is 3. The number of nitrogens with zero attached hydrogens (tertiary/aromatic N) is 3. The van der Waals surface area contributed by atoms with Crippen LogP contribution in [0, 0.1) is 6.92 Å². The Kier molecular flexibility index (Phi) is 5.52. The molecule has 2 aromatic carbocycles. The van der Waals surface area contributed by atoms with Crippen molar-refractivity contribution < 1.29 is 8.42 Å². The molecule has 0 fully saturated rings. The summed E-state index contributed by atoms with van der Waals surface area (Å²) in [4.78, 5) is 4.76. The van der Waals surface area contributed by atoms with Crippen LogP contribution in [0.1, 0.15) is 37.7 Å². The van der Waals surface area contributed by atoms with Crippen molar-refractivity contribution in [3.8, 4) is 5.69 Å². The van der Waals surface area contributed by atoms with Crippen LogP contribution in [0.2, 0.25) is 0 Å². The number of sulfone groups is 1. The molecule has 0 atom stereocenters. The van der Waals surface area contributed by atoms with E-state index in [0.29, 0.717) is 10.6 Å². The molecule has 4 aromatic rings. The molecule has 0 radical (unpaired) electrons. The summed E-state index contributed by atoms with van der Waals surface area (Å²) in [5, 5.41) is 5.49. The predicted molar refractivity (Wildman–Crippen MR) is 127 cm³/mol. The minimum absolute atomic E-state index is 0.0330. The fourth-order valence-corrected chi connectivity index (χ4v) is 5.37. The molecular formula is C24H24BrN3O2S. The van der Waals surface area contributed by atoms with Gasteiger partial charge in [-0.25, -0.2) is 13.1 Å². The van der Waals surface area contributed by atoms with Crippen LogP contribution in [-0.2, 0) is 21.0 Å². The van der Waals surface area contributed by atoms with Crippen molar-refractivity contribution in [2.45, 2.75) is 43.8 Å². The molecule has 0 aliphatic carbocycles. The Bertz CT molecular complexity index is 1370. The van der Waals surface area contributed by atoms with Crippen molar-refractivity contribution in [1.29, 1.82) is 0 Å². The summed E-state index contributed by atoms with van der Waals surface area (Å²) < 4.78 is 29.0. The molecule has 2 aromatic heterocycles. The first-order valence-corrected chi connectivity index (χ1v) is 12.4. The SMILES string of the molecule is Cc1cc(CS(=O)(=O)c2ccc(C(C)(C)C)cc2)n(-c2ccc(Br)c3ncccc23)n1. The molecule has 0 saturated heterocycles. The number of halogens is 1. The van der Waals surface area contributed by atoms with Crippen LogP contribution >= 0.6 is 15.9 Å². The average Bonchev–Trinajstić information content (AvgIpc) is 3.07. The van der Waals surface area contributed by atoms with Crippen molar-refractivity contribution in [3.05, 3.63) is 82.2 Å². The molecule has 7 heteroatoms. The molecule has 0 aliphatic rings. The van der Waals surface area contributed by atoms with Crippen LogP contribution in [0.4, 0.5) is 0 Å². The van der Waals surface area contributed by atoms with E-state index in [9.17, 15) is 8.42 Å². The van der Waals surface area contributed by atoms with Crippen molar-refractivity contribution in [2.75, 3.05) is 0 Å². The molecule has 0 N–H and O–H groups in total. The number of benzene rings is 2. The minimum atomic E-state index is -3.54. The zero-order valence-electron chi connectivity index (χ0n) is 17.9. The molecule has 0 bridgehead atoms. The highest BCUT2D eigenvalue weighted by molar-refractivity contribution is 9.10. The lowest BCUT2D eigenvalue weighted by Crippen LogP contribution is -2.13. The zero-order chi connectivity index (χ0) is 22.4. The summed E-state index contributed by atoms with van der Waals surface area (Å²) >= 11 is 3.54. The molecule has 0 amide bonds. The lowest BCUT2D eigenvalue weighted by molar-refractivity contribution is 0.585. The third kappa shape index (κ3) is 4.29. The third-order valence-corrected chi connectivity index (χ3v) is 7.55. The van der Waals surface area contributed by atoms with Crippen LogP contribution in [-0.4, -0.2) is 23.2 Å². The minimum Gasteiger partial charge on any atom is -0.255 e. The largest absolute Gasteiger partial charge is 0.255 e. The smallest absolute Gasteiger partial charge is 0.184 e. The monoisotopic (exact) mass is 497 g/mol. The standard InChI is InChI=1S/C24H24BrN3O2S/c1-16-14-18(15-31(29,30)19-9-7-17(8-10-19)24(2,3)4)28(27-16)22-12-11-21(25)23-20(22)6-5-13-26-23/h5-14H,15H2,1-4H3. The number of pyridine rings is 1. The Balaban J connectivity index is 1.76. The molecule has 2 heterocycles.